The largest absolute Gasteiger partial charge is 0.501 e. The molecule has 0 saturated heterocycles. The highest BCUT2D eigenvalue weighted by Crippen LogP contribution is 2.18. The second-order valence-electron chi connectivity index (χ2n) is 3.39. The zero-order valence-electron chi connectivity index (χ0n) is 11.2. The molecule has 0 aliphatic rings. The highest BCUT2D eigenvalue weighted by Gasteiger charge is 2.39. The van der Waals surface area contributed by atoms with Crippen LogP contribution in [0.5, 0.6) is 0 Å². The van der Waals surface area contributed by atoms with E-state index in [9.17, 15) is 4.39 Å². The third-order valence-corrected chi connectivity index (χ3v) is 5.24. The molecule has 0 aliphatic carbocycles. The lowest BCUT2D eigenvalue weighted by atomic mass is 10.5. The molecular weight excluding hydrogens is 243 g/mol. The van der Waals surface area contributed by atoms with Crippen LogP contribution in [0.15, 0.2) is 0 Å². The van der Waals surface area contributed by atoms with Crippen molar-refractivity contribution in [1.82, 2.24) is 0 Å². The molecule has 0 atom stereocenters. The normalized spacial score (nSPS) is 12.0. The van der Waals surface area contributed by atoms with Crippen LogP contribution < -0.4 is 0 Å². The second kappa shape index (κ2) is 11.1. The summed E-state index contributed by atoms with van der Waals surface area (Å²) in [7, 11) is -2.53. The maximum atomic E-state index is 11.8. The third kappa shape index (κ3) is 7.83. The van der Waals surface area contributed by atoms with Gasteiger partial charge in [-0.1, -0.05) is 0 Å². The first-order valence-corrected chi connectivity index (χ1v) is 8.23. The zero-order valence-corrected chi connectivity index (χ0v) is 12.2. The maximum absolute atomic E-state index is 11.8. The lowest BCUT2D eigenvalue weighted by Gasteiger charge is -2.28. The molecule has 0 rings (SSSR count). The summed E-state index contributed by atoms with van der Waals surface area (Å²) in [6.07, 6.45) is 0.770. The van der Waals surface area contributed by atoms with Crippen molar-refractivity contribution < 1.29 is 22.4 Å². The molecule has 0 bridgehead atoms. The van der Waals surface area contributed by atoms with Crippen molar-refractivity contribution in [3.8, 4) is 0 Å². The molecule has 0 radical (unpaired) electrons. The Hall–Kier alpha value is -0.0131. The van der Waals surface area contributed by atoms with Gasteiger partial charge in [-0.05, 0) is 27.2 Å². The standard InChI is InChI=1S/C11H25FO4Si/c1-4-14-17(15-5-2,16-6-3)11-7-9-13-10-8-12/h4-11H2,1-3H3. The van der Waals surface area contributed by atoms with Crippen LogP contribution in [0.2, 0.25) is 6.04 Å². The molecule has 0 aromatic carbocycles. The lowest BCUT2D eigenvalue weighted by molar-refractivity contribution is 0.0650. The summed E-state index contributed by atoms with van der Waals surface area (Å²) in [6.45, 7) is 7.77. The summed E-state index contributed by atoms with van der Waals surface area (Å²) < 4.78 is 34.0. The molecular formula is C11H25FO4Si. The monoisotopic (exact) mass is 268 g/mol. The van der Waals surface area contributed by atoms with Crippen LogP contribution in [-0.4, -0.2) is 48.5 Å². The summed E-state index contributed by atoms with van der Waals surface area (Å²) in [5.74, 6) is 0. The molecule has 0 spiro atoms. The number of halogens is 1. The van der Waals surface area contributed by atoms with Crippen molar-refractivity contribution in [2.45, 2.75) is 33.2 Å². The van der Waals surface area contributed by atoms with Gasteiger partial charge in [0.25, 0.3) is 0 Å². The average Bonchev–Trinajstić information content (AvgIpc) is 2.30. The molecule has 6 heteroatoms. The second-order valence-corrected chi connectivity index (χ2v) is 6.12. The number of hydrogen-bond acceptors (Lipinski definition) is 4. The van der Waals surface area contributed by atoms with Crippen molar-refractivity contribution in [3.63, 3.8) is 0 Å². The van der Waals surface area contributed by atoms with Crippen molar-refractivity contribution in [3.05, 3.63) is 0 Å². The molecule has 0 aromatic rings. The summed E-state index contributed by atoms with van der Waals surface area (Å²) >= 11 is 0. The van der Waals surface area contributed by atoms with Gasteiger partial charge in [-0.25, -0.2) is 4.39 Å². The minimum Gasteiger partial charge on any atom is -0.379 e. The van der Waals surface area contributed by atoms with E-state index in [2.05, 4.69) is 0 Å². The van der Waals surface area contributed by atoms with Gasteiger partial charge in [-0.2, -0.15) is 0 Å². The zero-order chi connectivity index (χ0) is 13.0. The van der Waals surface area contributed by atoms with E-state index in [1.54, 1.807) is 0 Å². The molecule has 0 amide bonds. The van der Waals surface area contributed by atoms with Gasteiger partial charge in [0, 0.05) is 32.5 Å². The smallest absolute Gasteiger partial charge is 0.379 e. The average molecular weight is 268 g/mol. The first kappa shape index (κ1) is 17.0. The molecule has 0 unspecified atom stereocenters. The van der Waals surface area contributed by atoms with Crippen molar-refractivity contribution in [1.29, 1.82) is 0 Å². The Kier molecular flexibility index (Phi) is 11.1. The summed E-state index contributed by atoms with van der Waals surface area (Å²) in [5.41, 5.74) is 0. The first-order valence-electron chi connectivity index (χ1n) is 6.30. The Labute approximate surface area is 105 Å². The van der Waals surface area contributed by atoms with Gasteiger partial charge in [-0.3, -0.25) is 0 Å². The predicted molar refractivity (Wildman–Crippen MR) is 66.9 cm³/mol. The van der Waals surface area contributed by atoms with E-state index < -0.39 is 15.5 Å². The van der Waals surface area contributed by atoms with Crippen LogP contribution in [0.25, 0.3) is 0 Å². The van der Waals surface area contributed by atoms with Crippen LogP contribution in [0, 0.1) is 0 Å². The molecule has 17 heavy (non-hydrogen) atoms. The highest BCUT2D eigenvalue weighted by atomic mass is 28.4. The molecule has 0 aliphatic heterocycles. The molecule has 0 fully saturated rings. The fourth-order valence-corrected chi connectivity index (χ4v) is 4.13. The van der Waals surface area contributed by atoms with E-state index >= 15 is 0 Å². The Balaban J connectivity index is 4.05. The Morgan fingerprint density at radius 1 is 0.882 bits per heavy atom. The molecule has 0 N–H and O–H groups in total. The van der Waals surface area contributed by atoms with Gasteiger partial charge in [-0.15, -0.1) is 0 Å². The number of hydrogen-bond donors (Lipinski definition) is 0. The summed E-state index contributed by atoms with van der Waals surface area (Å²) in [4.78, 5) is 0. The van der Waals surface area contributed by atoms with E-state index in [4.69, 9.17) is 18.0 Å². The molecule has 4 nitrogen and oxygen atoms in total. The van der Waals surface area contributed by atoms with Gasteiger partial charge in [0.15, 0.2) is 0 Å². The first-order chi connectivity index (χ1) is 8.24. The Morgan fingerprint density at radius 2 is 1.41 bits per heavy atom. The van der Waals surface area contributed by atoms with Gasteiger partial charge in [0.1, 0.15) is 6.67 Å². The Morgan fingerprint density at radius 3 is 1.82 bits per heavy atom. The molecule has 0 heterocycles. The summed E-state index contributed by atoms with van der Waals surface area (Å²) in [5, 5.41) is 0. The van der Waals surface area contributed by atoms with Crippen LogP contribution >= 0.6 is 0 Å². The van der Waals surface area contributed by atoms with E-state index in [0.29, 0.717) is 26.4 Å². The van der Waals surface area contributed by atoms with Gasteiger partial charge < -0.3 is 18.0 Å². The van der Waals surface area contributed by atoms with Crippen molar-refractivity contribution in [2.75, 3.05) is 39.7 Å². The highest BCUT2D eigenvalue weighted by molar-refractivity contribution is 6.60. The molecule has 0 aromatic heterocycles. The van der Waals surface area contributed by atoms with Crippen LogP contribution in [0.1, 0.15) is 27.2 Å². The SMILES string of the molecule is CCO[Si](CCCOCCF)(OCC)OCC. The fourth-order valence-electron chi connectivity index (χ4n) is 1.55. The van der Waals surface area contributed by atoms with Crippen LogP contribution in [0.3, 0.4) is 0 Å². The fraction of sp³-hybridized carbons (Fsp3) is 1.00. The van der Waals surface area contributed by atoms with Crippen molar-refractivity contribution in [2.24, 2.45) is 0 Å². The van der Waals surface area contributed by atoms with E-state index in [-0.39, 0.29) is 6.61 Å². The minimum absolute atomic E-state index is 0.159. The van der Waals surface area contributed by atoms with Gasteiger partial charge in [0.05, 0.1) is 6.61 Å². The van der Waals surface area contributed by atoms with Gasteiger partial charge in [0.2, 0.25) is 0 Å². The molecule has 0 saturated carbocycles. The van der Waals surface area contributed by atoms with Crippen molar-refractivity contribution >= 4 is 8.80 Å². The van der Waals surface area contributed by atoms with E-state index in [1.165, 1.54) is 0 Å². The van der Waals surface area contributed by atoms with E-state index in [1.807, 2.05) is 20.8 Å². The predicted octanol–water partition coefficient (Wildman–Crippen LogP) is 2.41. The number of rotatable bonds is 12. The van der Waals surface area contributed by atoms with E-state index in [0.717, 1.165) is 12.5 Å². The molecule has 104 valence electrons. The lowest BCUT2D eigenvalue weighted by Crippen LogP contribution is -2.46. The van der Waals surface area contributed by atoms with Crippen LogP contribution in [0.4, 0.5) is 4.39 Å². The number of ether oxygens (including phenoxy) is 1. The topological polar surface area (TPSA) is 36.9 Å². The Bertz CT molecular complexity index is 155. The van der Waals surface area contributed by atoms with Crippen LogP contribution in [-0.2, 0) is 18.0 Å². The van der Waals surface area contributed by atoms with Gasteiger partial charge >= 0.3 is 8.80 Å². The number of alkyl halides is 1. The quantitative estimate of drug-likeness (QED) is 0.402. The minimum atomic E-state index is -2.53. The maximum Gasteiger partial charge on any atom is 0.501 e. The third-order valence-electron chi connectivity index (χ3n) is 2.09. The summed E-state index contributed by atoms with van der Waals surface area (Å²) in [6, 6.07) is 0.717.